The summed E-state index contributed by atoms with van der Waals surface area (Å²) in [7, 11) is 0. The second kappa shape index (κ2) is 10.3. The number of hydrogen-bond donors (Lipinski definition) is 1. The summed E-state index contributed by atoms with van der Waals surface area (Å²) in [6, 6.07) is 10.1. The zero-order chi connectivity index (χ0) is 22.5. The van der Waals surface area contributed by atoms with Gasteiger partial charge >= 0.3 is 0 Å². The number of aromatic nitrogens is 3. The van der Waals surface area contributed by atoms with E-state index in [9.17, 15) is 4.79 Å². The molecule has 0 spiro atoms. The Bertz CT molecular complexity index is 1040. The van der Waals surface area contributed by atoms with Crippen molar-refractivity contribution in [1.29, 1.82) is 0 Å². The number of carbonyl (C=O) groups is 1. The minimum atomic E-state index is -0.0488. The van der Waals surface area contributed by atoms with E-state index in [1.165, 1.54) is 29.3 Å². The fourth-order valence-electron chi connectivity index (χ4n) is 3.94. The molecule has 1 aliphatic heterocycles. The number of anilines is 1. The van der Waals surface area contributed by atoms with Gasteiger partial charge in [-0.15, -0.1) is 10.2 Å². The number of nitrogens with zero attached hydrogens (tertiary/aromatic N) is 4. The van der Waals surface area contributed by atoms with E-state index < -0.39 is 0 Å². The van der Waals surface area contributed by atoms with Crippen LogP contribution in [0.3, 0.4) is 0 Å². The lowest BCUT2D eigenvalue weighted by molar-refractivity contribution is -0.119. The highest BCUT2D eigenvalue weighted by Crippen LogP contribution is 2.26. The predicted molar refractivity (Wildman–Crippen MR) is 127 cm³/mol. The van der Waals surface area contributed by atoms with Crippen LogP contribution >= 0.6 is 11.8 Å². The molecule has 32 heavy (non-hydrogen) atoms. The second-order valence-electron chi connectivity index (χ2n) is 8.42. The summed E-state index contributed by atoms with van der Waals surface area (Å²) in [6.07, 6.45) is 5.25. The zero-order valence-corrected chi connectivity index (χ0v) is 19.8. The molecule has 1 aliphatic rings. The number of aryl methyl sites for hydroxylation is 2. The average molecular weight is 454 g/mol. The number of furan rings is 1. The van der Waals surface area contributed by atoms with Gasteiger partial charge in [-0.3, -0.25) is 9.36 Å². The lowest BCUT2D eigenvalue weighted by Crippen LogP contribution is -2.32. The summed E-state index contributed by atoms with van der Waals surface area (Å²) >= 11 is 1.41. The standard InChI is InChI=1S/C24H31N5O2S/c1-17-9-10-20(14-18(17)2)19(3)25-22(30)16-32-24-27-26-23(28-11-5-4-6-12-28)29(24)15-21-8-7-13-31-21/h7-10,13-14,19H,4-6,11-12,15-16H2,1-3H3,(H,25,30). The van der Waals surface area contributed by atoms with E-state index >= 15 is 0 Å². The van der Waals surface area contributed by atoms with Crippen LogP contribution in [0.15, 0.2) is 46.2 Å². The van der Waals surface area contributed by atoms with Crippen LogP contribution in [0.25, 0.3) is 0 Å². The number of rotatable bonds is 8. The third-order valence-electron chi connectivity index (χ3n) is 5.97. The van der Waals surface area contributed by atoms with Crippen LogP contribution < -0.4 is 10.2 Å². The molecule has 1 amide bonds. The van der Waals surface area contributed by atoms with Gasteiger partial charge in [-0.05, 0) is 68.9 Å². The van der Waals surface area contributed by atoms with Gasteiger partial charge in [0.2, 0.25) is 11.9 Å². The van der Waals surface area contributed by atoms with E-state index in [4.69, 9.17) is 4.42 Å². The highest BCUT2D eigenvalue weighted by atomic mass is 32.2. The Balaban J connectivity index is 1.43. The Hall–Kier alpha value is -2.74. The molecule has 7 nitrogen and oxygen atoms in total. The second-order valence-corrected chi connectivity index (χ2v) is 9.36. The first-order valence-electron chi connectivity index (χ1n) is 11.2. The lowest BCUT2D eigenvalue weighted by Gasteiger charge is -2.27. The molecule has 1 unspecified atom stereocenters. The number of amides is 1. The third-order valence-corrected chi connectivity index (χ3v) is 6.94. The molecule has 1 aromatic carbocycles. The molecule has 3 aromatic rings. The van der Waals surface area contributed by atoms with E-state index in [2.05, 4.69) is 57.0 Å². The fraction of sp³-hybridized carbons (Fsp3) is 0.458. The number of carbonyl (C=O) groups excluding carboxylic acids is 1. The summed E-state index contributed by atoms with van der Waals surface area (Å²) in [4.78, 5) is 15.0. The van der Waals surface area contributed by atoms with E-state index in [0.29, 0.717) is 6.54 Å². The van der Waals surface area contributed by atoms with Crippen molar-refractivity contribution >= 4 is 23.6 Å². The van der Waals surface area contributed by atoms with Gasteiger partial charge in [0, 0.05) is 13.1 Å². The van der Waals surface area contributed by atoms with Crippen LogP contribution in [0.4, 0.5) is 5.95 Å². The fourth-order valence-corrected chi connectivity index (χ4v) is 4.69. The molecule has 0 saturated carbocycles. The molecular formula is C24H31N5O2S. The maximum absolute atomic E-state index is 12.7. The number of thioether (sulfide) groups is 1. The maximum atomic E-state index is 12.7. The Morgan fingerprint density at radius 1 is 1.16 bits per heavy atom. The molecule has 0 aliphatic carbocycles. The Morgan fingerprint density at radius 2 is 1.97 bits per heavy atom. The number of hydrogen-bond acceptors (Lipinski definition) is 6. The SMILES string of the molecule is Cc1ccc(C(C)NC(=O)CSc2nnc(N3CCCCC3)n2Cc2ccco2)cc1C. The summed E-state index contributed by atoms with van der Waals surface area (Å²) in [6.45, 7) is 8.71. The van der Waals surface area contributed by atoms with E-state index in [1.807, 2.05) is 19.1 Å². The average Bonchev–Trinajstić information content (AvgIpc) is 3.45. The molecule has 0 bridgehead atoms. The van der Waals surface area contributed by atoms with E-state index in [0.717, 1.165) is 48.4 Å². The summed E-state index contributed by atoms with van der Waals surface area (Å²) in [5, 5.41) is 12.7. The van der Waals surface area contributed by atoms with Crippen molar-refractivity contribution < 1.29 is 9.21 Å². The monoisotopic (exact) mass is 453 g/mol. The zero-order valence-electron chi connectivity index (χ0n) is 19.0. The maximum Gasteiger partial charge on any atom is 0.230 e. The van der Waals surface area contributed by atoms with Gasteiger partial charge in [-0.2, -0.15) is 0 Å². The molecule has 8 heteroatoms. The van der Waals surface area contributed by atoms with Crippen molar-refractivity contribution in [3.8, 4) is 0 Å². The van der Waals surface area contributed by atoms with Crippen molar-refractivity contribution in [3.05, 3.63) is 59.0 Å². The van der Waals surface area contributed by atoms with Gasteiger partial charge in [0.25, 0.3) is 0 Å². The first-order valence-corrected chi connectivity index (χ1v) is 12.2. The highest BCUT2D eigenvalue weighted by Gasteiger charge is 2.22. The summed E-state index contributed by atoms with van der Waals surface area (Å²) in [5.74, 6) is 1.96. The molecule has 1 atom stereocenters. The normalized spacial score (nSPS) is 15.0. The minimum Gasteiger partial charge on any atom is -0.467 e. The molecule has 2 aromatic heterocycles. The lowest BCUT2D eigenvalue weighted by atomic mass is 10.0. The van der Waals surface area contributed by atoms with Gasteiger partial charge in [-0.25, -0.2) is 0 Å². The Morgan fingerprint density at radius 3 is 2.69 bits per heavy atom. The van der Waals surface area contributed by atoms with E-state index in [1.54, 1.807) is 6.26 Å². The number of benzene rings is 1. The first-order chi connectivity index (χ1) is 15.5. The third kappa shape index (κ3) is 5.35. The molecule has 170 valence electrons. The van der Waals surface area contributed by atoms with Crippen LogP contribution in [0.1, 0.15) is 54.7 Å². The van der Waals surface area contributed by atoms with Crippen molar-refractivity contribution in [2.75, 3.05) is 23.7 Å². The van der Waals surface area contributed by atoms with Crippen molar-refractivity contribution in [1.82, 2.24) is 20.1 Å². The van der Waals surface area contributed by atoms with Gasteiger partial charge in [-0.1, -0.05) is 30.0 Å². The van der Waals surface area contributed by atoms with Gasteiger partial charge in [0.05, 0.1) is 24.6 Å². The predicted octanol–water partition coefficient (Wildman–Crippen LogP) is 4.50. The number of piperidine rings is 1. The highest BCUT2D eigenvalue weighted by molar-refractivity contribution is 7.99. The largest absolute Gasteiger partial charge is 0.467 e. The summed E-state index contributed by atoms with van der Waals surface area (Å²) < 4.78 is 7.63. The number of nitrogens with one attached hydrogen (secondary N) is 1. The Kier molecular flexibility index (Phi) is 7.19. The van der Waals surface area contributed by atoms with Crippen molar-refractivity contribution in [2.24, 2.45) is 0 Å². The van der Waals surface area contributed by atoms with Crippen molar-refractivity contribution in [2.45, 2.75) is 57.8 Å². The van der Waals surface area contributed by atoms with Crippen LogP contribution in [0.2, 0.25) is 0 Å². The smallest absolute Gasteiger partial charge is 0.230 e. The molecule has 1 N–H and O–H groups in total. The molecular weight excluding hydrogens is 422 g/mol. The quantitative estimate of drug-likeness (QED) is 0.506. The molecule has 1 saturated heterocycles. The summed E-state index contributed by atoms with van der Waals surface area (Å²) in [5.41, 5.74) is 3.59. The van der Waals surface area contributed by atoms with Crippen LogP contribution in [-0.2, 0) is 11.3 Å². The topological polar surface area (TPSA) is 76.2 Å². The van der Waals surface area contributed by atoms with Gasteiger partial charge in [0.15, 0.2) is 5.16 Å². The van der Waals surface area contributed by atoms with Crippen LogP contribution in [0, 0.1) is 13.8 Å². The van der Waals surface area contributed by atoms with Gasteiger partial charge < -0.3 is 14.6 Å². The van der Waals surface area contributed by atoms with Gasteiger partial charge in [0.1, 0.15) is 5.76 Å². The van der Waals surface area contributed by atoms with E-state index in [-0.39, 0.29) is 17.7 Å². The van der Waals surface area contributed by atoms with Crippen LogP contribution in [-0.4, -0.2) is 39.5 Å². The van der Waals surface area contributed by atoms with Crippen LogP contribution in [0.5, 0.6) is 0 Å². The minimum absolute atomic E-state index is 0.0206. The molecule has 1 fully saturated rings. The van der Waals surface area contributed by atoms with Crippen molar-refractivity contribution in [3.63, 3.8) is 0 Å². The molecule has 0 radical (unpaired) electrons. The Labute approximate surface area is 193 Å². The molecule has 3 heterocycles. The molecule has 4 rings (SSSR count). The first kappa shape index (κ1) is 22.5.